The summed E-state index contributed by atoms with van der Waals surface area (Å²) in [6.45, 7) is 2.04. The molecule has 3 N–H and O–H groups in total. The quantitative estimate of drug-likeness (QED) is 0.419. The zero-order valence-corrected chi connectivity index (χ0v) is 20.4. The van der Waals surface area contributed by atoms with E-state index in [4.69, 9.17) is 11.6 Å². The van der Waals surface area contributed by atoms with Crippen molar-refractivity contribution in [3.05, 3.63) is 77.3 Å². The number of hydrogen-bond donors (Lipinski definition) is 3. The minimum Gasteiger partial charge on any atom is -0.480 e. The molecule has 4 rings (SSSR count). The maximum Gasteiger partial charge on any atom is 0.323 e. The number of anilines is 2. The summed E-state index contributed by atoms with van der Waals surface area (Å²) in [4.78, 5) is 23.8. The first-order valence-electron chi connectivity index (χ1n) is 10.9. The predicted octanol–water partition coefficient (Wildman–Crippen LogP) is 5.20. The largest absolute Gasteiger partial charge is 0.480 e. The Morgan fingerprint density at radius 2 is 1.60 bits per heavy atom. The third-order valence-electron chi connectivity index (χ3n) is 5.86. The molecule has 1 heterocycles. The highest BCUT2D eigenvalue weighted by atomic mass is 35.5. The molecule has 3 aromatic carbocycles. The molecule has 0 radical (unpaired) electrons. The number of aryl methyl sites for hydroxylation is 1. The second-order valence-electron chi connectivity index (χ2n) is 8.25. The summed E-state index contributed by atoms with van der Waals surface area (Å²) in [7, 11) is -3.89. The van der Waals surface area contributed by atoms with Gasteiger partial charge in [0.2, 0.25) is 10.0 Å². The predicted molar refractivity (Wildman–Crippen MR) is 135 cm³/mol. The zero-order valence-electron chi connectivity index (χ0n) is 18.9. The van der Waals surface area contributed by atoms with Crippen molar-refractivity contribution in [1.82, 2.24) is 4.31 Å². The molecule has 1 aliphatic heterocycles. The number of carbonyl (C=O) groups excluding carboxylic acids is 1. The number of carboxylic acid groups (broad SMARTS) is 1. The first-order chi connectivity index (χ1) is 16.6. The van der Waals surface area contributed by atoms with Gasteiger partial charge in [-0.3, -0.25) is 4.79 Å². The van der Waals surface area contributed by atoms with Crippen molar-refractivity contribution in [2.45, 2.75) is 30.7 Å². The van der Waals surface area contributed by atoms with E-state index in [2.05, 4.69) is 10.6 Å². The normalized spacial score (nSPS) is 16.1. The summed E-state index contributed by atoms with van der Waals surface area (Å²) >= 11 is 5.94. The molecule has 0 saturated carbocycles. The lowest BCUT2D eigenvalue weighted by atomic mass is 10.1. The Kier molecular flexibility index (Phi) is 7.11. The van der Waals surface area contributed by atoms with Gasteiger partial charge in [-0.05, 0) is 78.9 Å². The van der Waals surface area contributed by atoms with Gasteiger partial charge in [-0.2, -0.15) is 4.31 Å². The summed E-state index contributed by atoms with van der Waals surface area (Å²) in [5.41, 5.74) is 3.70. The van der Waals surface area contributed by atoms with Crippen LogP contribution in [0.3, 0.4) is 0 Å². The van der Waals surface area contributed by atoms with E-state index in [1.165, 1.54) is 12.1 Å². The van der Waals surface area contributed by atoms with Crippen molar-refractivity contribution < 1.29 is 23.1 Å². The van der Waals surface area contributed by atoms with E-state index in [0.717, 1.165) is 21.0 Å². The topological polar surface area (TPSA) is 116 Å². The molecule has 1 aliphatic rings. The Labute approximate surface area is 208 Å². The lowest BCUT2D eigenvalue weighted by Gasteiger charge is -2.21. The lowest BCUT2D eigenvalue weighted by Crippen LogP contribution is -2.40. The van der Waals surface area contributed by atoms with Crippen LogP contribution in [-0.4, -0.2) is 42.4 Å². The molecule has 0 spiro atoms. The molecule has 1 fully saturated rings. The van der Waals surface area contributed by atoms with Gasteiger partial charge in [-0.15, -0.1) is 0 Å². The van der Waals surface area contributed by atoms with E-state index in [0.29, 0.717) is 29.2 Å². The molecule has 0 bridgehead atoms. The SMILES string of the molecule is Cc1cc(Cl)ccc1NC(=O)Nc1ccc(-c2ccc(S(=O)(=O)N3CCC[C@H]3C(=O)O)cc2)cc1. The van der Waals surface area contributed by atoms with Crippen molar-refractivity contribution in [2.75, 3.05) is 17.2 Å². The number of rotatable bonds is 6. The maximum absolute atomic E-state index is 12.9. The smallest absolute Gasteiger partial charge is 0.323 e. The number of carboxylic acids is 1. The molecule has 0 aliphatic carbocycles. The second kappa shape index (κ2) is 10.1. The summed E-state index contributed by atoms with van der Waals surface area (Å²) in [6.07, 6.45) is 0.830. The molecule has 1 atom stereocenters. The summed E-state index contributed by atoms with van der Waals surface area (Å²) < 4.78 is 26.9. The second-order valence-corrected chi connectivity index (χ2v) is 10.6. The molecule has 0 unspecified atom stereocenters. The molecule has 8 nitrogen and oxygen atoms in total. The minimum absolute atomic E-state index is 0.0573. The van der Waals surface area contributed by atoms with Gasteiger partial charge in [-0.25, -0.2) is 13.2 Å². The zero-order chi connectivity index (χ0) is 25.2. The first kappa shape index (κ1) is 24.7. The first-order valence-corrected chi connectivity index (χ1v) is 12.8. The van der Waals surface area contributed by atoms with Crippen LogP contribution in [0.4, 0.5) is 16.2 Å². The van der Waals surface area contributed by atoms with E-state index in [-0.39, 0.29) is 17.5 Å². The van der Waals surface area contributed by atoms with Crippen molar-refractivity contribution in [3.63, 3.8) is 0 Å². The number of amides is 2. The number of nitrogens with zero attached hydrogens (tertiary/aromatic N) is 1. The van der Waals surface area contributed by atoms with Crippen molar-refractivity contribution in [3.8, 4) is 11.1 Å². The van der Waals surface area contributed by atoms with Crippen LogP contribution in [-0.2, 0) is 14.8 Å². The molecular weight excluding hydrogens is 490 g/mol. The molecular formula is C25H24ClN3O5S. The van der Waals surface area contributed by atoms with E-state index >= 15 is 0 Å². The maximum atomic E-state index is 12.9. The van der Waals surface area contributed by atoms with E-state index in [1.807, 2.05) is 19.1 Å². The van der Waals surface area contributed by atoms with Crippen molar-refractivity contribution in [1.29, 1.82) is 0 Å². The van der Waals surface area contributed by atoms with Crippen molar-refractivity contribution >= 4 is 45.0 Å². The average molecular weight is 514 g/mol. The van der Waals surface area contributed by atoms with Gasteiger partial charge in [-0.1, -0.05) is 35.9 Å². The van der Waals surface area contributed by atoms with Crippen molar-refractivity contribution in [2.24, 2.45) is 0 Å². The van der Waals surface area contributed by atoms with Crippen LogP contribution in [0.15, 0.2) is 71.6 Å². The molecule has 182 valence electrons. The third-order valence-corrected chi connectivity index (χ3v) is 8.02. The highest BCUT2D eigenvalue weighted by Crippen LogP contribution is 2.29. The number of sulfonamides is 1. The molecule has 10 heteroatoms. The number of hydrogen-bond acceptors (Lipinski definition) is 4. The summed E-state index contributed by atoms with van der Waals surface area (Å²) in [5.74, 6) is -1.13. The fourth-order valence-electron chi connectivity index (χ4n) is 4.03. The number of aliphatic carboxylic acids is 1. The van der Waals surface area contributed by atoms with Crippen LogP contribution < -0.4 is 10.6 Å². The molecule has 35 heavy (non-hydrogen) atoms. The van der Waals surface area contributed by atoms with E-state index in [1.54, 1.807) is 42.5 Å². The van der Waals surface area contributed by atoms with Crippen LogP contribution >= 0.6 is 11.6 Å². The fourth-order valence-corrected chi connectivity index (χ4v) is 5.90. The van der Waals surface area contributed by atoms with Gasteiger partial charge in [0.25, 0.3) is 0 Å². The Balaban J connectivity index is 1.43. The number of carbonyl (C=O) groups is 2. The Bertz CT molecular complexity index is 1360. The monoisotopic (exact) mass is 513 g/mol. The fraction of sp³-hybridized carbons (Fsp3) is 0.200. The molecule has 1 saturated heterocycles. The molecule has 3 aromatic rings. The lowest BCUT2D eigenvalue weighted by molar-refractivity contribution is -0.140. The Hall–Kier alpha value is -3.40. The highest BCUT2D eigenvalue weighted by molar-refractivity contribution is 7.89. The Morgan fingerprint density at radius 3 is 2.20 bits per heavy atom. The van der Waals surface area contributed by atoms with Gasteiger partial charge in [0.1, 0.15) is 6.04 Å². The molecule has 2 amide bonds. The minimum atomic E-state index is -3.89. The summed E-state index contributed by atoms with van der Waals surface area (Å²) in [6, 6.07) is 17.2. The standard InChI is InChI=1S/C25H24ClN3O5S/c1-16-15-19(26)8-13-22(16)28-25(32)27-20-9-4-17(5-10-20)18-6-11-21(12-7-18)35(33,34)29-14-2-3-23(29)24(30)31/h4-13,15,23H,2-3,14H2,1H3,(H,30,31)(H2,27,28,32)/t23-/m0/s1. The Morgan fingerprint density at radius 1 is 0.971 bits per heavy atom. The van der Waals surface area contributed by atoms with Gasteiger partial charge in [0.05, 0.1) is 4.90 Å². The van der Waals surface area contributed by atoms with Crippen LogP contribution in [0.25, 0.3) is 11.1 Å². The van der Waals surface area contributed by atoms with Crippen LogP contribution in [0.1, 0.15) is 18.4 Å². The summed E-state index contributed by atoms with van der Waals surface area (Å²) in [5, 5.41) is 15.5. The van der Waals surface area contributed by atoms with Gasteiger partial charge >= 0.3 is 12.0 Å². The van der Waals surface area contributed by atoms with E-state index < -0.39 is 22.0 Å². The van der Waals surface area contributed by atoms with Crippen LogP contribution in [0.5, 0.6) is 0 Å². The van der Waals surface area contributed by atoms with Crippen LogP contribution in [0.2, 0.25) is 5.02 Å². The number of urea groups is 1. The number of nitrogens with one attached hydrogen (secondary N) is 2. The van der Waals surface area contributed by atoms with Gasteiger partial charge in [0.15, 0.2) is 0 Å². The van der Waals surface area contributed by atoms with Gasteiger partial charge in [0, 0.05) is 22.9 Å². The van der Waals surface area contributed by atoms with Gasteiger partial charge < -0.3 is 15.7 Å². The average Bonchev–Trinajstić information content (AvgIpc) is 3.33. The highest BCUT2D eigenvalue weighted by Gasteiger charge is 2.39. The third kappa shape index (κ3) is 5.48. The van der Waals surface area contributed by atoms with Crippen LogP contribution in [0, 0.1) is 6.92 Å². The molecule has 0 aromatic heterocycles. The number of benzene rings is 3. The van der Waals surface area contributed by atoms with E-state index in [9.17, 15) is 23.1 Å². The number of halogens is 1.